The normalized spacial score (nSPS) is 11.5. The number of aromatic nitrogens is 2. The van der Waals surface area contributed by atoms with Crippen molar-refractivity contribution in [3.05, 3.63) is 66.0 Å². The Hall–Kier alpha value is -1.86. The summed E-state index contributed by atoms with van der Waals surface area (Å²) < 4.78 is 1.11. The molecule has 0 fully saturated rings. The summed E-state index contributed by atoms with van der Waals surface area (Å²) in [4.78, 5) is 27.7. The molecule has 9 heteroatoms. The molecular formula is C15H7Cl3N2O3S. The Kier molecular flexibility index (Phi) is 4.64. The van der Waals surface area contributed by atoms with Crippen LogP contribution in [0.4, 0.5) is 0 Å². The van der Waals surface area contributed by atoms with E-state index in [-0.39, 0.29) is 20.6 Å². The minimum Gasteiger partial charge on any atom is -0.477 e. The van der Waals surface area contributed by atoms with Crippen molar-refractivity contribution < 1.29 is 9.90 Å². The molecule has 0 unspecified atom stereocenters. The zero-order valence-corrected chi connectivity index (χ0v) is 14.7. The first-order valence-corrected chi connectivity index (χ1v) is 8.40. The highest BCUT2D eigenvalue weighted by Gasteiger charge is 2.15. The minimum absolute atomic E-state index is 0.00228. The van der Waals surface area contributed by atoms with Crippen LogP contribution in [-0.2, 0) is 0 Å². The van der Waals surface area contributed by atoms with E-state index < -0.39 is 11.5 Å². The van der Waals surface area contributed by atoms with E-state index in [9.17, 15) is 9.59 Å². The quantitative estimate of drug-likeness (QED) is 0.697. The summed E-state index contributed by atoms with van der Waals surface area (Å²) in [5.41, 5.74) is 0.371. The molecule has 0 radical (unpaired) electrons. The fourth-order valence-electron chi connectivity index (χ4n) is 1.95. The third-order valence-electron chi connectivity index (χ3n) is 3.10. The van der Waals surface area contributed by atoms with Crippen molar-refractivity contribution in [1.82, 2.24) is 9.38 Å². The third kappa shape index (κ3) is 3.18. The molecule has 2 heterocycles. The van der Waals surface area contributed by atoms with Gasteiger partial charge in [0.05, 0.1) is 5.69 Å². The maximum absolute atomic E-state index is 12.2. The summed E-state index contributed by atoms with van der Waals surface area (Å²) in [6.07, 6.45) is 4.39. The number of carboxylic acid groups (broad SMARTS) is 1. The summed E-state index contributed by atoms with van der Waals surface area (Å²) in [5.74, 6) is -1.13. The van der Waals surface area contributed by atoms with Crippen molar-refractivity contribution >= 4 is 69.2 Å². The van der Waals surface area contributed by atoms with E-state index in [2.05, 4.69) is 4.98 Å². The van der Waals surface area contributed by atoms with Crippen LogP contribution in [-0.4, -0.2) is 20.5 Å². The van der Waals surface area contributed by atoms with Crippen LogP contribution in [0.25, 0.3) is 17.1 Å². The largest absolute Gasteiger partial charge is 0.477 e. The molecule has 0 aliphatic rings. The van der Waals surface area contributed by atoms with Crippen molar-refractivity contribution in [2.45, 2.75) is 0 Å². The first-order valence-electron chi connectivity index (χ1n) is 6.45. The van der Waals surface area contributed by atoms with Crippen LogP contribution in [0.1, 0.15) is 20.9 Å². The lowest BCUT2D eigenvalue weighted by atomic mass is 10.2. The zero-order chi connectivity index (χ0) is 17.4. The first-order chi connectivity index (χ1) is 11.4. The molecule has 5 nitrogen and oxygen atoms in total. The number of hydrogen-bond acceptors (Lipinski definition) is 4. The van der Waals surface area contributed by atoms with Crippen LogP contribution in [0.5, 0.6) is 0 Å². The van der Waals surface area contributed by atoms with E-state index in [1.54, 1.807) is 30.4 Å². The molecule has 0 bridgehead atoms. The third-order valence-corrected chi connectivity index (χ3v) is 4.98. The molecule has 122 valence electrons. The first kappa shape index (κ1) is 17.0. The Morgan fingerprint density at radius 2 is 2.00 bits per heavy atom. The number of rotatable bonds is 3. The SMILES string of the molecule is O=C(O)c1cn2c(=O)c(Cl)c(C=Cc3ccc(Cl)cc3Cl)nc2s1. The fourth-order valence-corrected chi connectivity index (χ4v) is 3.44. The smallest absolute Gasteiger partial charge is 0.347 e. The van der Waals surface area contributed by atoms with Crippen LogP contribution in [0.3, 0.4) is 0 Å². The second-order valence-electron chi connectivity index (χ2n) is 4.67. The Labute approximate surface area is 154 Å². The van der Waals surface area contributed by atoms with Crippen LogP contribution in [0.2, 0.25) is 15.1 Å². The molecule has 24 heavy (non-hydrogen) atoms. The molecule has 2 aromatic heterocycles. The Balaban J connectivity index is 2.09. The van der Waals surface area contributed by atoms with E-state index in [4.69, 9.17) is 39.9 Å². The summed E-state index contributed by atoms with van der Waals surface area (Å²) in [6.45, 7) is 0. The minimum atomic E-state index is -1.13. The highest BCUT2D eigenvalue weighted by atomic mass is 35.5. The van der Waals surface area contributed by atoms with E-state index in [0.29, 0.717) is 15.6 Å². The van der Waals surface area contributed by atoms with Gasteiger partial charge in [-0.1, -0.05) is 58.3 Å². The van der Waals surface area contributed by atoms with E-state index in [0.717, 1.165) is 15.7 Å². The number of hydrogen-bond donors (Lipinski definition) is 1. The van der Waals surface area contributed by atoms with Gasteiger partial charge >= 0.3 is 5.97 Å². The van der Waals surface area contributed by atoms with Gasteiger partial charge in [-0.05, 0) is 23.8 Å². The molecule has 0 saturated heterocycles. The average Bonchev–Trinajstić information content (AvgIpc) is 2.95. The number of carbonyl (C=O) groups is 1. The van der Waals surface area contributed by atoms with Gasteiger partial charge in [0.1, 0.15) is 9.90 Å². The van der Waals surface area contributed by atoms with Crippen LogP contribution >= 0.6 is 46.1 Å². The lowest BCUT2D eigenvalue weighted by molar-refractivity contribution is 0.0702. The highest BCUT2D eigenvalue weighted by molar-refractivity contribution is 7.18. The summed E-state index contributed by atoms with van der Waals surface area (Å²) >= 11 is 18.9. The van der Waals surface area contributed by atoms with Gasteiger partial charge in [-0.2, -0.15) is 0 Å². The summed E-state index contributed by atoms with van der Waals surface area (Å²) in [5, 5.41) is 9.86. The van der Waals surface area contributed by atoms with Gasteiger partial charge in [0, 0.05) is 16.2 Å². The Morgan fingerprint density at radius 1 is 1.25 bits per heavy atom. The second-order valence-corrected chi connectivity index (χ2v) is 6.90. The van der Waals surface area contributed by atoms with Crippen LogP contribution in [0, 0.1) is 0 Å². The van der Waals surface area contributed by atoms with Crippen LogP contribution < -0.4 is 5.56 Å². The summed E-state index contributed by atoms with van der Waals surface area (Å²) in [7, 11) is 0. The van der Waals surface area contributed by atoms with Crippen molar-refractivity contribution in [3.8, 4) is 0 Å². The number of nitrogens with zero attached hydrogens (tertiary/aromatic N) is 2. The highest BCUT2D eigenvalue weighted by Crippen LogP contribution is 2.24. The van der Waals surface area contributed by atoms with E-state index >= 15 is 0 Å². The van der Waals surface area contributed by atoms with Gasteiger partial charge in [-0.25, -0.2) is 9.78 Å². The van der Waals surface area contributed by atoms with Crippen molar-refractivity contribution in [1.29, 1.82) is 0 Å². The predicted molar refractivity (Wildman–Crippen MR) is 96.7 cm³/mol. The Bertz CT molecular complexity index is 1060. The molecule has 3 rings (SSSR count). The molecular weight excluding hydrogens is 395 g/mol. The lowest BCUT2D eigenvalue weighted by Gasteiger charge is -2.00. The standard InChI is InChI=1S/C15H7Cl3N2O3S/c16-8-3-1-7(9(17)5-8)2-4-10-12(18)13(21)20-6-11(14(22)23)24-15(20)19-10/h1-6H,(H,22,23). The molecule has 0 spiro atoms. The number of aromatic carboxylic acids is 1. The molecule has 3 aromatic rings. The predicted octanol–water partition coefficient (Wildman–Crippen LogP) is 4.58. The van der Waals surface area contributed by atoms with Crippen LogP contribution in [0.15, 0.2) is 29.2 Å². The number of fused-ring (bicyclic) bond motifs is 1. The topological polar surface area (TPSA) is 71.7 Å². The maximum atomic E-state index is 12.2. The van der Waals surface area contributed by atoms with Crippen molar-refractivity contribution in [2.75, 3.05) is 0 Å². The Morgan fingerprint density at radius 3 is 2.67 bits per heavy atom. The molecule has 1 N–H and O–H groups in total. The lowest BCUT2D eigenvalue weighted by Crippen LogP contribution is -2.14. The number of thiazole rings is 1. The van der Waals surface area contributed by atoms with Gasteiger partial charge in [-0.3, -0.25) is 9.20 Å². The van der Waals surface area contributed by atoms with Gasteiger partial charge in [0.15, 0.2) is 4.96 Å². The molecule has 0 aliphatic heterocycles. The monoisotopic (exact) mass is 400 g/mol. The van der Waals surface area contributed by atoms with E-state index in [1.165, 1.54) is 6.20 Å². The van der Waals surface area contributed by atoms with Gasteiger partial charge in [0.2, 0.25) is 0 Å². The van der Waals surface area contributed by atoms with Gasteiger partial charge in [0.25, 0.3) is 5.56 Å². The van der Waals surface area contributed by atoms with Crippen molar-refractivity contribution in [3.63, 3.8) is 0 Å². The average molecular weight is 402 g/mol. The summed E-state index contributed by atoms with van der Waals surface area (Å²) in [6, 6.07) is 4.99. The molecule has 0 aliphatic carbocycles. The zero-order valence-electron chi connectivity index (χ0n) is 11.7. The number of benzene rings is 1. The second kappa shape index (κ2) is 6.57. The van der Waals surface area contributed by atoms with Gasteiger partial charge in [-0.15, -0.1) is 0 Å². The molecule has 1 aromatic carbocycles. The number of halogens is 3. The van der Waals surface area contributed by atoms with Gasteiger partial charge < -0.3 is 5.11 Å². The molecule has 0 atom stereocenters. The van der Waals surface area contributed by atoms with Crippen molar-refractivity contribution in [2.24, 2.45) is 0 Å². The maximum Gasteiger partial charge on any atom is 0.347 e. The fraction of sp³-hybridized carbons (Fsp3) is 0. The molecule has 0 amide bonds. The molecule has 0 saturated carbocycles. The number of carboxylic acids is 1. The van der Waals surface area contributed by atoms with E-state index in [1.807, 2.05) is 0 Å².